The molecule has 0 atom stereocenters. The Balaban J connectivity index is 2.96. The minimum atomic E-state index is -4.94. The van der Waals surface area contributed by atoms with Crippen molar-refractivity contribution < 1.29 is 27.4 Å². The fourth-order valence-corrected chi connectivity index (χ4v) is 0.703. The van der Waals surface area contributed by atoms with Crippen LogP contribution >= 0.6 is 0 Å². The lowest BCUT2D eigenvalue weighted by Gasteiger charge is -2.09. The SMILES string of the molecule is Oc1c(F)cccc1OC(F)(F)F. The van der Waals surface area contributed by atoms with E-state index in [0.29, 0.717) is 0 Å². The van der Waals surface area contributed by atoms with E-state index in [1.54, 1.807) is 0 Å². The van der Waals surface area contributed by atoms with Gasteiger partial charge in [-0.25, -0.2) is 4.39 Å². The number of hydrogen-bond donors (Lipinski definition) is 1. The molecule has 0 aliphatic heterocycles. The van der Waals surface area contributed by atoms with Crippen LogP contribution in [0.5, 0.6) is 11.5 Å². The number of halogens is 4. The van der Waals surface area contributed by atoms with Gasteiger partial charge in [0.15, 0.2) is 17.3 Å². The third kappa shape index (κ3) is 2.50. The molecule has 0 aromatic heterocycles. The molecule has 0 heterocycles. The van der Waals surface area contributed by atoms with Crippen molar-refractivity contribution in [3.05, 3.63) is 24.0 Å². The van der Waals surface area contributed by atoms with Gasteiger partial charge in [-0.15, -0.1) is 13.2 Å². The molecule has 6 heteroatoms. The third-order valence-corrected chi connectivity index (χ3v) is 1.18. The van der Waals surface area contributed by atoms with Gasteiger partial charge in [-0.1, -0.05) is 6.07 Å². The molecule has 0 bridgehead atoms. The summed E-state index contributed by atoms with van der Waals surface area (Å²) in [5, 5.41) is 8.76. The molecule has 13 heavy (non-hydrogen) atoms. The van der Waals surface area contributed by atoms with Crippen molar-refractivity contribution in [1.82, 2.24) is 0 Å². The molecule has 0 aliphatic rings. The van der Waals surface area contributed by atoms with Gasteiger partial charge in [0.05, 0.1) is 0 Å². The molecule has 72 valence electrons. The maximum absolute atomic E-state index is 12.5. The van der Waals surface area contributed by atoms with Crippen LogP contribution in [0.1, 0.15) is 0 Å². The van der Waals surface area contributed by atoms with Crippen LogP contribution in [0, 0.1) is 5.82 Å². The number of alkyl halides is 3. The van der Waals surface area contributed by atoms with E-state index in [4.69, 9.17) is 5.11 Å². The molecule has 0 saturated carbocycles. The molecule has 0 saturated heterocycles. The van der Waals surface area contributed by atoms with E-state index in [-0.39, 0.29) is 0 Å². The number of ether oxygens (including phenoxy) is 1. The Morgan fingerprint density at radius 1 is 1.23 bits per heavy atom. The van der Waals surface area contributed by atoms with Gasteiger partial charge in [0, 0.05) is 0 Å². The molecule has 0 fully saturated rings. The fourth-order valence-electron chi connectivity index (χ4n) is 0.703. The van der Waals surface area contributed by atoms with Gasteiger partial charge in [0.25, 0.3) is 0 Å². The molecule has 0 radical (unpaired) electrons. The Hall–Kier alpha value is -1.46. The predicted octanol–water partition coefficient (Wildman–Crippen LogP) is 2.43. The van der Waals surface area contributed by atoms with Gasteiger partial charge in [-0.2, -0.15) is 0 Å². The first-order valence-electron chi connectivity index (χ1n) is 3.13. The molecule has 1 N–H and O–H groups in total. The summed E-state index contributed by atoms with van der Waals surface area (Å²) < 4.78 is 50.6. The van der Waals surface area contributed by atoms with Gasteiger partial charge in [0.1, 0.15) is 0 Å². The topological polar surface area (TPSA) is 29.5 Å². The van der Waals surface area contributed by atoms with E-state index >= 15 is 0 Å². The number of phenols is 1. The second kappa shape index (κ2) is 3.12. The second-order valence-corrected chi connectivity index (χ2v) is 2.13. The Morgan fingerprint density at radius 3 is 2.38 bits per heavy atom. The summed E-state index contributed by atoms with van der Waals surface area (Å²) in [5.74, 6) is -3.27. The normalized spacial score (nSPS) is 11.4. The van der Waals surface area contributed by atoms with Gasteiger partial charge in [-0.3, -0.25) is 0 Å². The molecule has 1 aromatic carbocycles. The highest BCUT2D eigenvalue weighted by molar-refractivity contribution is 5.39. The van der Waals surface area contributed by atoms with E-state index in [1.807, 2.05) is 0 Å². The number of para-hydroxylation sites is 1. The Morgan fingerprint density at radius 2 is 1.85 bits per heavy atom. The zero-order valence-electron chi connectivity index (χ0n) is 6.10. The van der Waals surface area contributed by atoms with Crippen LogP contribution in [0.15, 0.2) is 18.2 Å². The molecule has 0 aliphatic carbocycles. The Labute approximate surface area is 70.4 Å². The largest absolute Gasteiger partial charge is 0.573 e. The first kappa shape index (κ1) is 9.63. The highest BCUT2D eigenvalue weighted by Gasteiger charge is 2.32. The van der Waals surface area contributed by atoms with Crippen molar-refractivity contribution in [2.75, 3.05) is 0 Å². The first-order chi connectivity index (χ1) is 5.90. The van der Waals surface area contributed by atoms with E-state index in [2.05, 4.69) is 4.74 Å². The molecule has 0 unspecified atom stereocenters. The van der Waals surface area contributed by atoms with Crippen molar-refractivity contribution in [3.63, 3.8) is 0 Å². The minimum Gasteiger partial charge on any atom is -0.502 e. The van der Waals surface area contributed by atoms with Crippen molar-refractivity contribution in [2.45, 2.75) is 6.36 Å². The van der Waals surface area contributed by atoms with Crippen LogP contribution in [-0.4, -0.2) is 11.5 Å². The standard InChI is InChI=1S/C7H4F4O2/c8-4-2-1-3-5(6(4)12)13-7(9,10)11/h1-3,12H. The highest BCUT2D eigenvalue weighted by atomic mass is 19.4. The first-order valence-corrected chi connectivity index (χ1v) is 3.13. The molecular formula is C7H4F4O2. The zero-order chi connectivity index (χ0) is 10.1. The lowest BCUT2D eigenvalue weighted by atomic mass is 10.3. The zero-order valence-corrected chi connectivity index (χ0v) is 6.10. The van der Waals surface area contributed by atoms with Gasteiger partial charge in [-0.05, 0) is 12.1 Å². The average molecular weight is 196 g/mol. The quantitative estimate of drug-likeness (QED) is 0.699. The van der Waals surface area contributed by atoms with Crippen molar-refractivity contribution >= 4 is 0 Å². The summed E-state index contributed by atoms with van der Waals surface area (Å²) in [7, 11) is 0. The minimum absolute atomic E-state index is 0.811. The summed E-state index contributed by atoms with van der Waals surface area (Å²) in [4.78, 5) is 0. The van der Waals surface area contributed by atoms with Crippen LogP contribution in [-0.2, 0) is 0 Å². The number of hydrogen-bond acceptors (Lipinski definition) is 2. The maximum Gasteiger partial charge on any atom is 0.573 e. The summed E-state index contributed by atoms with van der Waals surface area (Å²) in [5.41, 5.74) is 0. The number of rotatable bonds is 1. The molecule has 0 spiro atoms. The number of phenolic OH excluding ortho intramolecular Hbond substituents is 1. The van der Waals surface area contributed by atoms with Crippen molar-refractivity contribution in [1.29, 1.82) is 0 Å². The molecule has 1 aromatic rings. The van der Waals surface area contributed by atoms with Crippen molar-refractivity contribution in [3.8, 4) is 11.5 Å². The second-order valence-electron chi connectivity index (χ2n) is 2.13. The van der Waals surface area contributed by atoms with Crippen LogP contribution in [0.3, 0.4) is 0 Å². The van der Waals surface area contributed by atoms with Gasteiger partial charge < -0.3 is 9.84 Å². The maximum atomic E-state index is 12.5. The van der Waals surface area contributed by atoms with Crippen LogP contribution in [0.4, 0.5) is 17.6 Å². The van der Waals surface area contributed by atoms with Gasteiger partial charge in [0.2, 0.25) is 0 Å². The molecule has 1 rings (SSSR count). The Bertz CT molecular complexity index is 308. The number of aromatic hydroxyl groups is 1. The summed E-state index contributed by atoms with van der Waals surface area (Å²) in [6, 6.07) is 2.63. The fraction of sp³-hybridized carbons (Fsp3) is 0.143. The van der Waals surface area contributed by atoms with E-state index < -0.39 is 23.7 Å². The summed E-state index contributed by atoms with van der Waals surface area (Å²) in [6.07, 6.45) is -4.94. The van der Waals surface area contributed by atoms with Crippen LogP contribution in [0.2, 0.25) is 0 Å². The number of benzene rings is 1. The molecule has 0 amide bonds. The van der Waals surface area contributed by atoms with E-state index in [9.17, 15) is 17.6 Å². The Kier molecular flexibility index (Phi) is 2.31. The smallest absolute Gasteiger partial charge is 0.502 e. The van der Waals surface area contributed by atoms with E-state index in [1.165, 1.54) is 0 Å². The third-order valence-electron chi connectivity index (χ3n) is 1.18. The van der Waals surface area contributed by atoms with Crippen LogP contribution < -0.4 is 4.74 Å². The predicted molar refractivity (Wildman–Crippen MR) is 34.7 cm³/mol. The average Bonchev–Trinajstić information content (AvgIpc) is 1.96. The monoisotopic (exact) mass is 196 g/mol. The van der Waals surface area contributed by atoms with E-state index in [0.717, 1.165) is 18.2 Å². The summed E-state index contributed by atoms with van der Waals surface area (Å²) in [6.45, 7) is 0. The van der Waals surface area contributed by atoms with Gasteiger partial charge >= 0.3 is 6.36 Å². The van der Waals surface area contributed by atoms with Crippen molar-refractivity contribution in [2.24, 2.45) is 0 Å². The lowest BCUT2D eigenvalue weighted by molar-refractivity contribution is -0.275. The van der Waals surface area contributed by atoms with Crippen LogP contribution in [0.25, 0.3) is 0 Å². The molecular weight excluding hydrogens is 192 g/mol. The molecule has 2 nitrogen and oxygen atoms in total. The summed E-state index contributed by atoms with van der Waals surface area (Å²) >= 11 is 0. The lowest BCUT2D eigenvalue weighted by Crippen LogP contribution is -2.17. The highest BCUT2D eigenvalue weighted by Crippen LogP contribution is 2.32.